The van der Waals surface area contributed by atoms with Crippen molar-refractivity contribution in [1.82, 2.24) is 25.4 Å². The minimum Gasteiger partial charge on any atom is -0.489 e. The normalized spacial score (nSPS) is 16.4. The number of alkyl halides is 3. The second kappa shape index (κ2) is 7.89. The van der Waals surface area contributed by atoms with Crippen LogP contribution in [0.4, 0.5) is 13.2 Å². The van der Waals surface area contributed by atoms with E-state index in [2.05, 4.69) is 20.7 Å². The van der Waals surface area contributed by atoms with Crippen LogP contribution in [0.3, 0.4) is 0 Å². The largest absolute Gasteiger partial charge is 0.489 e. The first-order valence-corrected chi connectivity index (χ1v) is 9.43. The fourth-order valence-corrected chi connectivity index (χ4v) is 3.47. The van der Waals surface area contributed by atoms with Gasteiger partial charge in [-0.15, -0.1) is 0 Å². The van der Waals surface area contributed by atoms with Crippen LogP contribution in [0.1, 0.15) is 28.2 Å². The summed E-state index contributed by atoms with van der Waals surface area (Å²) >= 11 is 0. The second-order valence-corrected chi connectivity index (χ2v) is 7.05. The van der Waals surface area contributed by atoms with Gasteiger partial charge < -0.3 is 15.4 Å². The molecule has 3 heterocycles. The summed E-state index contributed by atoms with van der Waals surface area (Å²) in [6.07, 6.45) is -3.03. The molecule has 2 amide bonds. The lowest BCUT2D eigenvalue weighted by Gasteiger charge is -2.13. The summed E-state index contributed by atoms with van der Waals surface area (Å²) in [6.45, 7) is 0.139. The Hall–Kier alpha value is -3.63. The van der Waals surface area contributed by atoms with Crippen LogP contribution in [0.2, 0.25) is 0 Å². The van der Waals surface area contributed by atoms with Crippen LogP contribution in [-0.4, -0.2) is 39.2 Å². The Kier molecular flexibility index (Phi) is 5.25. The predicted octanol–water partition coefficient (Wildman–Crippen LogP) is 2.18. The maximum Gasteiger partial charge on any atom is 0.433 e. The molecule has 0 aliphatic carbocycles. The standard InChI is InChI=1S/C20H18F3N5O3/c1-28-16(19(30)26-15-6-8-25-18(15)29)13-9-12(4-5-14(13)27-28)31-10-11-3-2-7-24-17(11)20(21,22)23/h2-5,7,9,15H,6,8,10H2,1H3,(H,25,29)(H,26,30). The van der Waals surface area contributed by atoms with Crippen LogP contribution in [0.15, 0.2) is 36.5 Å². The fraction of sp³-hybridized carbons (Fsp3) is 0.300. The van der Waals surface area contributed by atoms with Crippen molar-refractivity contribution in [2.75, 3.05) is 6.54 Å². The molecule has 3 aromatic rings. The minimum absolute atomic E-state index is 0.105. The molecule has 31 heavy (non-hydrogen) atoms. The van der Waals surface area contributed by atoms with Gasteiger partial charge in [-0.2, -0.15) is 18.3 Å². The Labute approximate surface area is 174 Å². The average Bonchev–Trinajstić information content (AvgIpc) is 3.27. The number of halogens is 3. The maximum atomic E-state index is 13.1. The molecular formula is C20H18F3N5O3. The van der Waals surface area contributed by atoms with Crippen LogP contribution >= 0.6 is 0 Å². The van der Waals surface area contributed by atoms with E-state index < -0.39 is 23.8 Å². The van der Waals surface area contributed by atoms with E-state index >= 15 is 0 Å². The number of aromatic nitrogens is 3. The SMILES string of the molecule is Cn1nc2ccc(OCc3cccnc3C(F)(F)F)cc2c1C(=O)NC1CCNC1=O. The molecule has 1 aliphatic rings. The van der Waals surface area contributed by atoms with Crippen LogP contribution < -0.4 is 15.4 Å². The summed E-state index contributed by atoms with van der Waals surface area (Å²) in [5.41, 5.74) is -0.385. The molecule has 1 unspecified atom stereocenters. The van der Waals surface area contributed by atoms with E-state index in [1.54, 1.807) is 19.2 Å². The molecular weight excluding hydrogens is 415 g/mol. The zero-order valence-electron chi connectivity index (χ0n) is 16.4. The monoisotopic (exact) mass is 433 g/mol. The molecule has 0 radical (unpaired) electrons. The first-order chi connectivity index (χ1) is 14.7. The van der Waals surface area contributed by atoms with Gasteiger partial charge in [-0.05, 0) is 30.7 Å². The first kappa shape index (κ1) is 20.6. The Morgan fingerprint density at radius 2 is 2.16 bits per heavy atom. The van der Waals surface area contributed by atoms with Crippen LogP contribution in [-0.2, 0) is 24.6 Å². The maximum absolute atomic E-state index is 13.1. The molecule has 8 nitrogen and oxygen atoms in total. The number of nitrogens with one attached hydrogen (secondary N) is 2. The summed E-state index contributed by atoms with van der Waals surface area (Å²) in [5, 5.41) is 10.1. The van der Waals surface area contributed by atoms with E-state index in [0.29, 0.717) is 23.9 Å². The smallest absolute Gasteiger partial charge is 0.433 e. The number of hydrogen-bond acceptors (Lipinski definition) is 5. The van der Waals surface area contributed by atoms with E-state index in [4.69, 9.17) is 4.74 Å². The van der Waals surface area contributed by atoms with Gasteiger partial charge in [0.15, 0.2) is 5.69 Å². The quantitative estimate of drug-likeness (QED) is 0.643. The average molecular weight is 433 g/mol. The third-order valence-corrected chi connectivity index (χ3v) is 4.93. The van der Waals surface area contributed by atoms with Gasteiger partial charge in [-0.25, -0.2) is 0 Å². The van der Waals surface area contributed by atoms with Gasteiger partial charge >= 0.3 is 6.18 Å². The molecule has 2 N–H and O–H groups in total. The molecule has 1 atom stereocenters. The molecule has 11 heteroatoms. The molecule has 4 rings (SSSR count). The second-order valence-electron chi connectivity index (χ2n) is 7.05. The third-order valence-electron chi connectivity index (χ3n) is 4.93. The van der Waals surface area contributed by atoms with Crippen molar-refractivity contribution >= 4 is 22.7 Å². The minimum atomic E-state index is -4.59. The summed E-state index contributed by atoms with van der Waals surface area (Å²) in [4.78, 5) is 27.9. The highest BCUT2D eigenvalue weighted by atomic mass is 19.4. The summed E-state index contributed by atoms with van der Waals surface area (Å²) < 4.78 is 46.3. The van der Waals surface area contributed by atoms with Crippen molar-refractivity contribution < 1.29 is 27.5 Å². The fourth-order valence-electron chi connectivity index (χ4n) is 3.47. The molecule has 0 saturated carbocycles. The molecule has 0 bridgehead atoms. The first-order valence-electron chi connectivity index (χ1n) is 9.43. The molecule has 2 aromatic heterocycles. The highest BCUT2D eigenvalue weighted by Crippen LogP contribution is 2.31. The number of benzene rings is 1. The number of aryl methyl sites for hydroxylation is 1. The zero-order valence-corrected chi connectivity index (χ0v) is 16.4. The van der Waals surface area contributed by atoms with Gasteiger partial charge in [-0.1, -0.05) is 6.07 Å². The van der Waals surface area contributed by atoms with Crippen molar-refractivity contribution in [3.05, 3.63) is 53.5 Å². The van der Waals surface area contributed by atoms with E-state index in [1.807, 2.05) is 0 Å². The van der Waals surface area contributed by atoms with Gasteiger partial charge in [0.05, 0.1) is 5.52 Å². The summed E-state index contributed by atoms with van der Waals surface area (Å²) in [7, 11) is 1.59. The molecule has 1 aliphatic heterocycles. The number of nitrogens with zero attached hydrogens (tertiary/aromatic N) is 3. The lowest BCUT2D eigenvalue weighted by Crippen LogP contribution is -2.40. The number of amides is 2. The number of carbonyl (C=O) groups excluding carboxylic acids is 2. The Bertz CT molecular complexity index is 1160. The lowest BCUT2D eigenvalue weighted by atomic mass is 10.1. The topological polar surface area (TPSA) is 98.1 Å². The van der Waals surface area contributed by atoms with E-state index in [-0.39, 0.29) is 29.5 Å². The van der Waals surface area contributed by atoms with Gasteiger partial charge in [0.2, 0.25) is 5.91 Å². The van der Waals surface area contributed by atoms with Gasteiger partial charge in [-0.3, -0.25) is 19.3 Å². The number of carbonyl (C=O) groups is 2. The molecule has 1 fully saturated rings. The number of fused-ring (bicyclic) bond motifs is 1. The number of rotatable bonds is 5. The van der Waals surface area contributed by atoms with Crippen molar-refractivity contribution in [2.45, 2.75) is 25.2 Å². The summed E-state index contributed by atoms with van der Waals surface area (Å²) in [5.74, 6) is -0.457. The number of hydrogen-bond donors (Lipinski definition) is 2. The highest BCUT2D eigenvalue weighted by Gasteiger charge is 2.35. The van der Waals surface area contributed by atoms with Gasteiger partial charge in [0.1, 0.15) is 24.1 Å². The molecule has 1 saturated heterocycles. The Morgan fingerprint density at radius 3 is 2.87 bits per heavy atom. The lowest BCUT2D eigenvalue weighted by molar-refractivity contribution is -0.142. The Morgan fingerprint density at radius 1 is 1.35 bits per heavy atom. The van der Waals surface area contributed by atoms with Crippen molar-refractivity contribution in [3.63, 3.8) is 0 Å². The van der Waals surface area contributed by atoms with Crippen LogP contribution in [0.25, 0.3) is 10.9 Å². The zero-order chi connectivity index (χ0) is 22.2. The number of pyridine rings is 1. The number of ether oxygens (including phenoxy) is 1. The molecule has 0 spiro atoms. The van der Waals surface area contributed by atoms with Crippen molar-refractivity contribution in [3.8, 4) is 5.75 Å². The van der Waals surface area contributed by atoms with Gasteiger partial charge in [0, 0.05) is 30.7 Å². The van der Waals surface area contributed by atoms with Gasteiger partial charge in [0.25, 0.3) is 5.91 Å². The van der Waals surface area contributed by atoms with Crippen molar-refractivity contribution in [1.29, 1.82) is 0 Å². The molecule has 1 aromatic carbocycles. The van der Waals surface area contributed by atoms with E-state index in [9.17, 15) is 22.8 Å². The van der Waals surface area contributed by atoms with Crippen LogP contribution in [0, 0.1) is 0 Å². The summed E-state index contributed by atoms with van der Waals surface area (Å²) in [6, 6.07) is 6.78. The third kappa shape index (κ3) is 4.16. The van der Waals surface area contributed by atoms with E-state index in [0.717, 1.165) is 6.20 Å². The van der Waals surface area contributed by atoms with Crippen LogP contribution in [0.5, 0.6) is 5.75 Å². The predicted molar refractivity (Wildman–Crippen MR) is 103 cm³/mol. The van der Waals surface area contributed by atoms with E-state index in [1.165, 1.54) is 22.9 Å². The van der Waals surface area contributed by atoms with Crippen molar-refractivity contribution in [2.24, 2.45) is 7.05 Å². The highest BCUT2D eigenvalue weighted by molar-refractivity contribution is 6.06. The Balaban J connectivity index is 1.58. The molecule has 162 valence electrons.